The first-order valence-corrected chi connectivity index (χ1v) is 9.35. The number of pyridine rings is 1. The van der Waals surface area contributed by atoms with Crippen LogP contribution in [0.4, 0.5) is 5.82 Å². The van der Waals surface area contributed by atoms with Gasteiger partial charge in [0.05, 0.1) is 17.9 Å². The number of nitrogens with zero attached hydrogens (tertiary/aromatic N) is 2. The van der Waals surface area contributed by atoms with Gasteiger partial charge >= 0.3 is 0 Å². The molecule has 0 radical (unpaired) electrons. The number of aromatic nitrogens is 1. The first kappa shape index (κ1) is 18.7. The van der Waals surface area contributed by atoms with E-state index in [-0.39, 0.29) is 11.3 Å². The molecule has 0 aliphatic carbocycles. The Labute approximate surface area is 168 Å². The summed E-state index contributed by atoms with van der Waals surface area (Å²) in [6.07, 6.45) is 2.94. The molecular formula is C23H20N2O4. The maximum absolute atomic E-state index is 13.1. The first-order valence-electron chi connectivity index (χ1n) is 9.35. The molecule has 0 saturated carbocycles. The average molecular weight is 388 g/mol. The maximum Gasteiger partial charge on any atom is 0.295 e. The quantitative estimate of drug-likeness (QED) is 0.647. The highest BCUT2D eigenvalue weighted by atomic mass is 16.3. The van der Waals surface area contributed by atoms with Crippen molar-refractivity contribution in [2.24, 2.45) is 0 Å². The van der Waals surface area contributed by atoms with Crippen LogP contribution in [-0.2, 0) is 4.79 Å². The van der Waals surface area contributed by atoms with Crippen molar-refractivity contribution in [2.75, 3.05) is 4.90 Å². The molecule has 0 saturated heterocycles. The summed E-state index contributed by atoms with van der Waals surface area (Å²) in [6.45, 7) is 4.18. The topological polar surface area (TPSA) is 83.6 Å². The highest BCUT2D eigenvalue weighted by molar-refractivity contribution is 6.19. The molecule has 2 aromatic heterocycles. The number of hydrogen-bond acceptors (Lipinski definition) is 5. The van der Waals surface area contributed by atoms with Crippen LogP contribution in [0.15, 0.2) is 82.8 Å². The van der Waals surface area contributed by atoms with Crippen molar-refractivity contribution in [3.05, 3.63) is 95.3 Å². The molecule has 0 unspecified atom stereocenters. The number of carbonyl (C=O) groups is 2. The largest absolute Gasteiger partial charge is 0.503 e. The lowest BCUT2D eigenvalue weighted by Crippen LogP contribution is -2.31. The van der Waals surface area contributed by atoms with E-state index in [1.165, 1.54) is 17.2 Å². The number of benzene rings is 1. The van der Waals surface area contributed by atoms with E-state index in [1.807, 2.05) is 24.3 Å². The molecule has 1 N–H and O–H groups in total. The van der Waals surface area contributed by atoms with Gasteiger partial charge in [-0.3, -0.25) is 14.5 Å². The summed E-state index contributed by atoms with van der Waals surface area (Å²) in [5, 5.41) is 10.6. The fourth-order valence-corrected chi connectivity index (χ4v) is 3.49. The fraction of sp³-hybridized carbons (Fsp3) is 0.174. The minimum absolute atomic E-state index is 0.0205. The van der Waals surface area contributed by atoms with Crippen LogP contribution in [0, 0.1) is 0 Å². The molecular weight excluding hydrogens is 368 g/mol. The molecule has 4 rings (SSSR count). The summed E-state index contributed by atoms with van der Waals surface area (Å²) in [6, 6.07) is 15.1. The van der Waals surface area contributed by atoms with Gasteiger partial charge in [0.2, 0.25) is 5.78 Å². The lowest BCUT2D eigenvalue weighted by Gasteiger charge is -2.26. The number of furan rings is 1. The van der Waals surface area contributed by atoms with Crippen LogP contribution in [0.2, 0.25) is 0 Å². The molecule has 6 nitrogen and oxygen atoms in total. The SMILES string of the molecule is CC(C)c1ccc([C@@H]2C(C(=O)c3ccco3)=C(O)C(=O)N2c2ccccn2)cc1. The Morgan fingerprint density at radius 3 is 2.45 bits per heavy atom. The third kappa shape index (κ3) is 3.23. The lowest BCUT2D eigenvalue weighted by atomic mass is 9.93. The minimum Gasteiger partial charge on any atom is -0.503 e. The van der Waals surface area contributed by atoms with Gasteiger partial charge in [0, 0.05) is 6.20 Å². The number of carbonyl (C=O) groups excluding carboxylic acids is 2. The molecule has 3 aromatic rings. The molecule has 6 heteroatoms. The van der Waals surface area contributed by atoms with Gasteiger partial charge in [-0.15, -0.1) is 0 Å². The Morgan fingerprint density at radius 2 is 1.86 bits per heavy atom. The second-order valence-corrected chi connectivity index (χ2v) is 7.16. The molecule has 1 aliphatic rings. The molecule has 1 aromatic carbocycles. The number of aliphatic hydroxyl groups excluding tert-OH is 1. The second-order valence-electron chi connectivity index (χ2n) is 7.16. The normalized spacial score (nSPS) is 16.7. The molecule has 0 bridgehead atoms. The molecule has 29 heavy (non-hydrogen) atoms. The monoisotopic (exact) mass is 388 g/mol. The number of hydrogen-bond donors (Lipinski definition) is 1. The van der Waals surface area contributed by atoms with Crippen LogP contribution in [0.25, 0.3) is 0 Å². The Balaban J connectivity index is 1.86. The summed E-state index contributed by atoms with van der Waals surface area (Å²) in [4.78, 5) is 31.6. The summed E-state index contributed by atoms with van der Waals surface area (Å²) in [5.74, 6) is -1.03. The van der Waals surface area contributed by atoms with E-state index in [2.05, 4.69) is 18.8 Å². The summed E-state index contributed by atoms with van der Waals surface area (Å²) in [7, 11) is 0. The zero-order chi connectivity index (χ0) is 20.5. The summed E-state index contributed by atoms with van der Waals surface area (Å²) < 4.78 is 5.23. The van der Waals surface area contributed by atoms with E-state index in [0.29, 0.717) is 17.3 Å². The van der Waals surface area contributed by atoms with E-state index in [0.717, 1.165) is 5.56 Å². The average Bonchev–Trinajstić information content (AvgIpc) is 3.36. The summed E-state index contributed by atoms with van der Waals surface area (Å²) in [5.41, 5.74) is 1.81. The van der Waals surface area contributed by atoms with Crippen LogP contribution in [-0.4, -0.2) is 21.8 Å². The van der Waals surface area contributed by atoms with Crippen LogP contribution in [0.3, 0.4) is 0 Å². The molecule has 3 heterocycles. The van der Waals surface area contributed by atoms with Gasteiger partial charge in [0.1, 0.15) is 5.82 Å². The van der Waals surface area contributed by atoms with Gasteiger partial charge in [0.25, 0.3) is 5.91 Å². The molecule has 146 valence electrons. The van der Waals surface area contributed by atoms with Crippen molar-refractivity contribution in [3.8, 4) is 0 Å². The van der Waals surface area contributed by atoms with E-state index < -0.39 is 23.5 Å². The third-order valence-corrected chi connectivity index (χ3v) is 5.01. The van der Waals surface area contributed by atoms with E-state index >= 15 is 0 Å². The standard InChI is InChI=1S/C23H20N2O4/c1-14(2)15-8-10-16(11-9-15)20-19(21(26)17-6-5-13-29-17)22(27)23(28)25(20)18-7-3-4-12-24-18/h3-14,20,27H,1-2H3/t20-/m1/s1. The fourth-order valence-electron chi connectivity index (χ4n) is 3.49. The molecule has 0 spiro atoms. The van der Waals surface area contributed by atoms with Crippen LogP contribution >= 0.6 is 0 Å². The van der Waals surface area contributed by atoms with Crippen molar-refractivity contribution in [3.63, 3.8) is 0 Å². The van der Waals surface area contributed by atoms with E-state index in [4.69, 9.17) is 4.42 Å². The van der Waals surface area contributed by atoms with Crippen molar-refractivity contribution in [2.45, 2.75) is 25.8 Å². The molecule has 0 fully saturated rings. The number of Topliss-reactive ketones (excluding diaryl/α,β-unsaturated/α-hetero) is 1. The van der Waals surface area contributed by atoms with Crippen molar-refractivity contribution < 1.29 is 19.1 Å². The van der Waals surface area contributed by atoms with Crippen molar-refractivity contribution in [1.29, 1.82) is 0 Å². The van der Waals surface area contributed by atoms with Crippen molar-refractivity contribution >= 4 is 17.5 Å². The first-order chi connectivity index (χ1) is 14.0. The van der Waals surface area contributed by atoms with Gasteiger partial charge in [-0.2, -0.15) is 0 Å². The van der Waals surface area contributed by atoms with E-state index in [9.17, 15) is 14.7 Å². The second kappa shape index (κ2) is 7.39. The Kier molecular flexibility index (Phi) is 4.76. The number of rotatable bonds is 5. The zero-order valence-corrected chi connectivity index (χ0v) is 16.1. The van der Waals surface area contributed by atoms with E-state index in [1.54, 1.807) is 30.5 Å². The molecule has 1 amide bonds. The predicted octanol–water partition coefficient (Wildman–Crippen LogP) is 4.58. The van der Waals surface area contributed by atoms with Crippen LogP contribution < -0.4 is 4.90 Å². The highest BCUT2D eigenvalue weighted by Crippen LogP contribution is 2.41. The highest BCUT2D eigenvalue weighted by Gasteiger charge is 2.45. The third-order valence-electron chi connectivity index (χ3n) is 5.01. The van der Waals surface area contributed by atoms with Gasteiger partial charge in [-0.05, 0) is 41.3 Å². The molecule has 1 atom stereocenters. The Hall–Kier alpha value is -3.67. The zero-order valence-electron chi connectivity index (χ0n) is 16.1. The minimum atomic E-state index is -0.809. The van der Waals surface area contributed by atoms with Gasteiger partial charge in [-0.1, -0.05) is 44.2 Å². The smallest absolute Gasteiger partial charge is 0.295 e. The maximum atomic E-state index is 13.1. The van der Waals surface area contributed by atoms with Crippen LogP contribution in [0.1, 0.15) is 47.5 Å². The van der Waals surface area contributed by atoms with Gasteiger partial charge < -0.3 is 9.52 Å². The number of aliphatic hydroxyl groups is 1. The Bertz CT molecular complexity index is 1070. The lowest BCUT2D eigenvalue weighted by molar-refractivity contribution is -0.117. The van der Waals surface area contributed by atoms with Gasteiger partial charge in [0.15, 0.2) is 11.5 Å². The predicted molar refractivity (Wildman–Crippen MR) is 108 cm³/mol. The number of amides is 1. The Morgan fingerprint density at radius 1 is 1.10 bits per heavy atom. The number of anilines is 1. The number of ketones is 1. The van der Waals surface area contributed by atoms with Gasteiger partial charge in [-0.25, -0.2) is 4.98 Å². The molecule has 1 aliphatic heterocycles. The van der Waals surface area contributed by atoms with Crippen molar-refractivity contribution in [1.82, 2.24) is 4.98 Å². The summed E-state index contributed by atoms with van der Waals surface area (Å²) >= 11 is 0. The van der Waals surface area contributed by atoms with Crippen LogP contribution in [0.5, 0.6) is 0 Å².